The van der Waals surface area contributed by atoms with E-state index in [1.54, 1.807) is 42.8 Å². The Hall–Kier alpha value is -3.66. The average Bonchev–Trinajstić information content (AvgIpc) is 3.15. The SMILES string of the molecule is CCn1c(=O)c2cnc(Nc3cc4c(cc3F)CNCC4)nc2n1-c1cccc(C(C)(C)CF)n1. The average molecular weight is 480 g/mol. The Bertz CT molecular complexity index is 1470. The van der Waals surface area contributed by atoms with Crippen LogP contribution in [0.4, 0.5) is 20.4 Å². The van der Waals surface area contributed by atoms with Crippen molar-refractivity contribution in [2.24, 2.45) is 0 Å². The number of rotatable bonds is 6. The number of nitrogens with one attached hydrogen (secondary N) is 2. The minimum Gasteiger partial charge on any atom is -0.322 e. The minimum absolute atomic E-state index is 0.160. The highest BCUT2D eigenvalue weighted by Gasteiger charge is 2.24. The summed E-state index contributed by atoms with van der Waals surface area (Å²) in [4.78, 5) is 26.6. The summed E-state index contributed by atoms with van der Waals surface area (Å²) < 4.78 is 31.5. The summed E-state index contributed by atoms with van der Waals surface area (Å²) in [5.74, 6) is 0.199. The summed E-state index contributed by atoms with van der Waals surface area (Å²) in [6.45, 7) is 6.65. The van der Waals surface area contributed by atoms with E-state index in [9.17, 15) is 13.6 Å². The number of benzene rings is 1. The van der Waals surface area contributed by atoms with E-state index in [1.165, 1.54) is 16.9 Å². The zero-order valence-electron chi connectivity index (χ0n) is 19.9. The van der Waals surface area contributed by atoms with E-state index in [0.717, 1.165) is 24.1 Å². The number of hydrogen-bond donors (Lipinski definition) is 2. The quantitative estimate of drug-likeness (QED) is 0.438. The highest BCUT2D eigenvalue weighted by molar-refractivity contribution is 5.77. The molecule has 4 heterocycles. The molecule has 0 radical (unpaired) electrons. The largest absolute Gasteiger partial charge is 0.322 e. The summed E-state index contributed by atoms with van der Waals surface area (Å²) in [5.41, 5.74) is 2.13. The first-order valence-corrected chi connectivity index (χ1v) is 11.6. The van der Waals surface area contributed by atoms with Gasteiger partial charge >= 0.3 is 0 Å². The normalized spacial score (nSPS) is 13.7. The monoisotopic (exact) mass is 479 g/mol. The Kier molecular flexibility index (Phi) is 5.84. The molecule has 0 saturated carbocycles. The first-order chi connectivity index (χ1) is 16.8. The van der Waals surface area contributed by atoms with Gasteiger partial charge in [0.05, 0.1) is 11.4 Å². The van der Waals surface area contributed by atoms with Crippen LogP contribution in [0.2, 0.25) is 0 Å². The molecule has 0 bridgehead atoms. The number of pyridine rings is 1. The number of nitrogens with zero attached hydrogens (tertiary/aromatic N) is 5. The van der Waals surface area contributed by atoms with Crippen molar-refractivity contribution in [2.45, 2.75) is 45.7 Å². The lowest BCUT2D eigenvalue weighted by Gasteiger charge is -2.21. The van der Waals surface area contributed by atoms with Crippen LogP contribution >= 0.6 is 0 Å². The van der Waals surface area contributed by atoms with E-state index in [2.05, 4.69) is 25.6 Å². The van der Waals surface area contributed by atoms with Gasteiger partial charge in [0.25, 0.3) is 5.56 Å². The smallest absolute Gasteiger partial charge is 0.278 e. The van der Waals surface area contributed by atoms with E-state index >= 15 is 0 Å². The Labute approximate surface area is 201 Å². The Morgan fingerprint density at radius 2 is 2.03 bits per heavy atom. The van der Waals surface area contributed by atoms with Crippen LogP contribution in [-0.2, 0) is 24.9 Å². The lowest BCUT2D eigenvalue weighted by atomic mass is 9.90. The van der Waals surface area contributed by atoms with Crippen molar-refractivity contribution in [1.82, 2.24) is 29.6 Å². The van der Waals surface area contributed by atoms with E-state index in [-0.39, 0.29) is 17.2 Å². The number of halogens is 2. The molecule has 182 valence electrons. The Morgan fingerprint density at radius 3 is 2.80 bits per heavy atom. The van der Waals surface area contributed by atoms with Crippen LogP contribution in [0.3, 0.4) is 0 Å². The minimum atomic E-state index is -0.780. The van der Waals surface area contributed by atoms with Gasteiger partial charge in [-0.3, -0.25) is 9.18 Å². The van der Waals surface area contributed by atoms with Crippen molar-refractivity contribution in [3.63, 3.8) is 0 Å². The lowest BCUT2D eigenvalue weighted by molar-refractivity contribution is 0.344. The first kappa shape index (κ1) is 23.1. The van der Waals surface area contributed by atoms with E-state index in [0.29, 0.717) is 35.6 Å². The second kappa shape index (κ2) is 8.84. The van der Waals surface area contributed by atoms with Crippen molar-refractivity contribution < 1.29 is 8.78 Å². The summed E-state index contributed by atoms with van der Waals surface area (Å²) in [6.07, 6.45) is 2.24. The molecule has 10 heteroatoms. The highest BCUT2D eigenvalue weighted by Crippen LogP contribution is 2.26. The van der Waals surface area contributed by atoms with Gasteiger partial charge in [-0.05, 0) is 55.3 Å². The molecule has 0 saturated heterocycles. The van der Waals surface area contributed by atoms with Gasteiger partial charge in [-0.25, -0.2) is 23.7 Å². The third-order valence-electron chi connectivity index (χ3n) is 6.38. The van der Waals surface area contributed by atoms with Crippen molar-refractivity contribution in [3.05, 3.63) is 69.5 Å². The van der Waals surface area contributed by atoms with Gasteiger partial charge in [0.1, 0.15) is 17.9 Å². The molecular formula is C25H27F2N7O. The molecule has 0 unspecified atom stereocenters. The third-order valence-corrected chi connectivity index (χ3v) is 6.38. The molecule has 3 aromatic heterocycles. The van der Waals surface area contributed by atoms with Crippen molar-refractivity contribution in [1.29, 1.82) is 0 Å². The Balaban J connectivity index is 1.62. The number of alkyl halides is 1. The van der Waals surface area contributed by atoms with Gasteiger partial charge in [0.15, 0.2) is 11.5 Å². The van der Waals surface area contributed by atoms with Gasteiger partial charge < -0.3 is 10.6 Å². The molecule has 0 amide bonds. The molecule has 2 N–H and O–H groups in total. The third kappa shape index (κ3) is 4.07. The van der Waals surface area contributed by atoms with Crippen LogP contribution < -0.4 is 16.2 Å². The fourth-order valence-corrected chi connectivity index (χ4v) is 4.31. The van der Waals surface area contributed by atoms with Crippen LogP contribution in [0.5, 0.6) is 0 Å². The van der Waals surface area contributed by atoms with Gasteiger partial charge in [-0.2, -0.15) is 4.98 Å². The van der Waals surface area contributed by atoms with Crippen molar-refractivity contribution in [3.8, 4) is 5.82 Å². The predicted molar refractivity (Wildman–Crippen MR) is 131 cm³/mol. The number of fused-ring (bicyclic) bond motifs is 2. The van der Waals surface area contributed by atoms with Gasteiger partial charge in [0, 0.05) is 24.7 Å². The Morgan fingerprint density at radius 1 is 1.20 bits per heavy atom. The first-order valence-electron chi connectivity index (χ1n) is 11.6. The van der Waals surface area contributed by atoms with Crippen LogP contribution in [0.15, 0.2) is 41.3 Å². The van der Waals surface area contributed by atoms with Crippen LogP contribution in [-0.4, -0.2) is 37.5 Å². The van der Waals surface area contributed by atoms with Gasteiger partial charge in [0.2, 0.25) is 5.95 Å². The molecular weight excluding hydrogens is 452 g/mol. The molecule has 0 fully saturated rings. The maximum Gasteiger partial charge on any atom is 0.278 e. The fourth-order valence-electron chi connectivity index (χ4n) is 4.31. The zero-order chi connectivity index (χ0) is 24.7. The lowest BCUT2D eigenvalue weighted by Crippen LogP contribution is -2.24. The molecule has 1 aliphatic rings. The molecule has 0 atom stereocenters. The zero-order valence-corrected chi connectivity index (χ0v) is 19.9. The summed E-state index contributed by atoms with van der Waals surface area (Å²) >= 11 is 0. The van der Waals surface area contributed by atoms with Crippen LogP contribution in [0, 0.1) is 5.82 Å². The van der Waals surface area contributed by atoms with Crippen LogP contribution in [0.25, 0.3) is 16.9 Å². The van der Waals surface area contributed by atoms with Crippen LogP contribution in [0.1, 0.15) is 37.6 Å². The topological polar surface area (TPSA) is 89.7 Å². The van der Waals surface area contributed by atoms with Crippen molar-refractivity contribution >= 4 is 22.7 Å². The molecule has 5 rings (SSSR count). The molecule has 35 heavy (non-hydrogen) atoms. The van der Waals surface area contributed by atoms with Gasteiger partial charge in [-0.1, -0.05) is 19.9 Å². The highest BCUT2D eigenvalue weighted by atomic mass is 19.1. The fraction of sp³-hybridized carbons (Fsp3) is 0.360. The number of aromatic nitrogens is 5. The molecule has 4 aromatic rings. The number of hydrogen-bond acceptors (Lipinski definition) is 6. The summed E-state index contributed by atoms with van der Waals surface area (Å²) in [6, 6.07) is 8.60. The molecule has 8 nitrogen and oxygen atoms in total. The predicted octanol–water partition coefficient (Wildman–Crippen LogP) is 3.77. The standard InChI is InChI=1S/C25H27F2N7O/c1-4-33-23(35)17-13-29-24(30-19-11-15-8-9-28-12-16(15)10-18(19)27)32-22(17)34(33)21-7-5-6-20(31-21)25(2,3)14-26/h5-7,10-11,13,28H,4,8-9,12,14H2,1-3H3,(H,29,30,32). The summed E-state index contributed by atoms with van der Waals surface area (Å²) in [7, 11) is 0. The second-order valence-corrected chi connectivity index (χ2v) is 9.31. The second-order valence-electron chi connectivity index (χ2n) is 9.31. The molecule has 1 aliphatic heterocycles. The number of anilines is 2. The van der Waals surface area contributed by atoms with Crippen molar-refractivity contribution in [2.75, 3.05) is 18.5 Å². The molecule has 1 aromatic carbocycles. The van der Waals surface area contributed by atoms with Gasteiger partial charge in [-0.15, -0.1) is 0 Å². The molecule has 0 spiro atoms. The van der Waals surface area contributed by atoms with E-state index < -0.39 is 17.9 Å². The molecule has 0 aliphatic carbocycles. The van der Waals surface area contributed by atoms with E-state index in [1.807, 2.05) is 6.92 Å². The maximum absolute atomic E-state index is 14.8. The van der Waals surface area contributed by atoms with E-state index in [4.69, 9.17) is 0 Å². The maximum atomic E-state index is 14.8. The summed E-state index contributed by atoms with van der Waals surface area (Å²) in [5, 5.41) is 6.52.